The smallest absolute Gasteiger partial charge is 0.0726 e. The van der Waals surface area contributed by atoms with Crippen LogP contribution in [0.4, 0.5) is 0 Å². The summed E-state index contributed by atoms with van der Waals surface area (Å²) in [5.74, 6) is 0. The molecule has 96 valence electrons. The lowest BCUT2D eigenvalue weighted by Gasteiger charge is -2.20. The van der Waals surface area contributed by atoms with Gasteiger partial charge in [0, 0.05) is 19.2 Å². The zero-order chi connectivity index (χ0) is 11.8. The number of hydrogen-bond donors (Lipinski definition) is 1. The van der Waals surface area contributed by atoms with Crippen molar-refractivity contribution >= 4 is 0 Å². The van der Waals surface area contributed by atoms with Crippen molar-refractivity contribution in [3.63, 3.8) is 0 Å². The van der Waals surface area contributed by atoms with Crippen molar-refractivity contribution < 1.29 is 9.47 Å². The lowest BCUT2D eigenvalue weighted by molar-refractivity contribution is 0.0511. The molecule has 0 spiro atoms. The molecule has 0 radical (unpaired) electrons. The van der Waals surface area contributed by atoms with Crippen LogP contribution in [0.15, 0.2) is 0 Å². The van der Waals surface area contributed by atoms with E-state index in [9.17, 15) is 0 Å². The molecule has 1 rings (SSSR count). The third kappa shape index (κ3) is 5.28. The molecule has 0 aromatic heterocycles. The van der Waals surface area contributed by atoms with Gasteiger partial charge in [0.05, 0.1) is 18.8 Å². The maximum Gasteiger partial charge on any atom is 0.0726 e. The molecule has 16 heavy (non-hydrogen) atoms. The van der Waals surface area contributed by atoms with Gasteiger partial charge >= 0.3 is 0 Å². The Morgan fingerprint density at radius 2 is 2.25 bits per heavy atom. The molecule has 0 aromatic rings. The first kappa shape index (κ1) is 13.9. The molecule has 0 amide bonds. The largest absolute Gasteiger partial charge is 0.377 e. The van der Waals surface area contributed by atoms with E-state index in [4.69, 9.17) is 9.47 Å². The molecule has 1 N–H and O–H groups in total. The molecule has 3 atom stereocenters. The summed E-state index contributed by atoms with van der Waals surface area (Å²) in [6, 6.07) is 0.451. The van der Waals surface area contributed by atoms with E-state index in [1.807, 2.05) is 0 Å². The highest BCUT2D eigenvalue weighted by atomic mass is 16.5. The predicted molar refractivity (Wildman–Crippen MR) is 66.8 cm³/mol. The van der Waals surface area contributed by atoms with Crippen LogP contribution < -0.4 is 5.32 Å². The molecule has 0 saturated carbocycles. The molecular formula is C13H27NO2. The second kappa shape index (κ2) is 8.04. The van der Waals surface area contributed by atoms with Gasteiger partial charge in [0.2, 0.25) is 0 Å². The second-order valence-corrected chi connectivity index (χ2v) is 4.76. The predicted octanol–water partition coefficient (Wildman–Crippen LogP) is 2.35. The van der Waals surface area contributed by atoms with Crippen LogP contribution in [-0.4, -0.2) is 38.0 Å². The van der Waals surface area contributed by atoms with Gasteiger partial charge in [-0.25, -0.2) is 0 Å². The minimum Gasteiger partial charge on any atom is -0.377 e. The van der Waals surface area contributed by atoms with Crippen LogP contribution in [0.5, 0.6) is 0 Å². The topological polar surface area (TPSA) is 30.5 Å². The Bertz CT molecular complexity index is 169. The third-order valence-electron chi connectivity index (χ3n) is 3.19. The van der Waals surface area contributed by atoms with Gasteiger partial charge in [0.15, 0.2) is 0 Å². The maximum absolute atomic E-state index is 5.69. The van der Waals surface area contributed by atoms with Gasteiger partial charge < -0.3 is 14.8 Å². The number of hydrogen-bond acceptors (Lipinski definition) is 3. The van der Waals surface area contributed by atoms with Crippen molar-refractivity contribution in [2.75, 3.05) is 19.8 Å². The Labute approximate surface area is 99.9 Å². The van der Waals surface area contributed by atoms with E-state index < -0.39 is 0 Å². The van der Waals surface area contributed by atoms with E-state index >= 15 is 0 Å². The molecule has 3 nitrogen and oxygen atoms in total. The monoisotopic (exact) mass is 229 g/mol. The highest BCUT2D eigenvalue weighted by Crippen LogP contribution is 2.15. The van der Waals surface area contributed by atoms with Crippen LogP contribution in [-0.2, 0) is 9.47 Å². The first-order valence-electron chi connectivity index (χ1n) is 6.70. The van der Waals surface area contributed by atoms with Crippen LogP contribution in [0.3, 0.4) is 0 Å². The van der Waals surface area contributed by atoms with E-state index in [0.29, 0.717) is 18.2 Å². The molecule has 1 heterocycles. The van der Waals surface area contributed by atoms with Crippen molar-refractivity contribution in [1.82, 2.24) is 5.32 Å². The third-order valence-corrected chi connectivity index (χ3v) is 3.19. The average molecular weight is 229 g/mol. The standard InChI is InChI=1S/C13H27NO2/c1-4-6-11(2)15-10-8-14-12(3)13-7-5-9-16-13/h11-14H,4-10H2,1-3H3. The van der Waals surface area contributed by atoms with Gasteiger partial charge in [0.1, 0.15) is 0 Å². The summed E-state index contributed by atoms with van der Waals surface area (Å²) < 4.78 is 11.3. The lowest BCUT2D eigenvalue weighted by Crippen LogP contribution is -2.39. The fourth-order valence-corrected chi connectivity index (χ4v) is 2.16. The SMILES string of the molecule is CCCC(C)OCCNC(C)C1CCCO1. The summed E-state index contributed by atoms with van der Waals surface area (Å²) in [7, 11) is 0. The Morgan fingerprint density at radius 1 is 1.44 bits per heavy atom. The van der Waals surface area contributed by atoms with Crippen molar-refractivity contribution in [1.29, 1.82) is 0 Å². The van der Waals surface area contributed by atoms with E-state index in [0.717, 1.165) is 26.2 Å². The van der Waals surface area contributed by atoms with Crippen molar-refractivity contribution in [2.45, 2.75) is 64.7 Å². The average Bonchev–Trinajstić information content (AvgIpc) is 2.78. The van der Waals surface area contributed by atoms with Crippen molar-refractivity contribution in [3.8, 4) is 0 Å². The normalized spacial score (nSPS) is 24.6. The van der Waals surface area contributed by atoms with Gasteiger partial charge in [0.25, 0.3) is 0 Å². The summed E-state index contributed by atoms with van der Waals surface area (Å²) in [4.78, 5) is 0. The van der Waals surface area contributed by atoms with Crippen LogP contribution in [0.2, 0.25) is 0 Å². The van der Waals surface area contributed by atoms with Gasteiger partial charge in [-0.05, 0) is 33.1 Å². The molecule has 3 unspecified atom stereocenters. The fraction of sp³-hybridized carbons (Fsp3) is 1.00. The van der Waals surface area contributed by atoms with E-state index in [1.54, 1.807) is 0 Å². The first-order valence-corrected chi connectivity index (χ1v) is 6.70. The minimum absolute atomic E-state index is 0.393. The van der Waals surface area contributed by atoms with Gasteiger partial charge in [-0.15, -0.1) is 0 Å². The molecule has 1 fully saturated rings. The molecule has 3 heteroatoms. The zero-order valence-electron chi connectivity index (χ0n) is 11.0. The number of rotatable bonds is 8. The van der Waals surface area contributed by atoms with Crippen LogP contribution in [0.25, 0.3) is 0 Å². The van der Waals surface area contributed by atoms with Crippen LogP contribution in [0, 0.1) is 0 Å². The highest BCUT2D eigenvalue weighted by molar-refractivity contribution is 4.76. The Kier molecular flexibility index (Phi) is 7.01. The quantitative estimate of drug-likeness (QED) is 0.648. The molecular weight excluding hydrogens is 202 g/mol. The van der Waals surface area contributed by atoms with E-state index in [-0.39, 0.29) is 0 Å². The van der Waals surface area contributed by atoms with Gasteiger partial charge in [-0.2, -0.15) is 0 Å². The van der Waals surface area contributed by atoms with Crippen LogP contribution in [0.1, 0.15) is 46.5 Å². The molecule has 1 saturated heterocycles. The molecule has 0 aromatic carbocycles. The Balaban J connectivity index is 1.97. The highest BCUT2D eigenvalue weighted by Gasteiger charge is 2.21. The van der Waals surface area contributed by atoms with Gasteiger partial charge in [-0.1, -0.05) is 13.3 Å². The molecule has 0 aliphatic carbocycles. The Morgan fingerprint density at radius 3 is 2.88 bits per heavy atom. The lowest BCUT2D eigenvalue weighted by atomic mass is 10.1. The second-order valence-electron chi connectivity index (χ2n) is 4.76. The summed E-state index contributed by atoms with van der Waals surface area (Å²) in [5, 5.41) is 3.47. The molecule has 1 aliphatic heterocycles. The van der Waals surface area contributed by atoms with Crippen molar-refractivity contribution in [2.24, 2.45) is 0 Å². The first-order chi connectivity index (χ1) is 7.74. The summed E-state index contributed by atoms with van der Waals surface area (Å²) in [6.45, 7) is 9.20. The fourth-order valence-electron chi connectivity index (χ4n) is 2.16. The van der Waals surface area contributed by atoms with E-state index in [2.05, 4.69) is 26.1 Å². The minimum atomic E-state index is 0.393. The maximum atomic E-state index is 5.69. The molecule has 1 aliphatic rings. The summed E-state index contributed by atoms with van der Waals surface area (Å²) in [6.07, 6.45) is 5.56. The Hall–Kier alpha value is -0.120. The van der Waals surface area contributed by atoms with Gasteiger partial charge in [-0.3, -0.25) is 0 Å². The summed E-state index contributed by atoms with van der Waals surface area (Å²) in [5.41, 5.74) is 0. The zero-order valence-corrected chi connectivity index (χ0v) is 11.0. The number of nitrogens with one attached hydrogen (secondary N) is 1. The van der Waals surface area contributed by atoms with Crippen LogP contribution >= 0.6 is 0 Å². The van der Waals surface area contributed by atoms with Crippen molar-refractivity contribution in [3.05, 3.63) is 0 Å². The van der Waals surface area contributed by atoms with E-state index in [1.165, 1.54) is 19.3 Å². The molecule has 0 bridgehead atoms. The summed E-state index contributed by atoms with van der Waals surface area (Å²) >= 11 is 0. The number of ether oxygens (including phenoxy) is 2.